The molecule has 2 aromatic carbocycles. The van der Waals surface area contributed by atoms with Crippen LogP contribution in [-0.4, -0.2) is 23.9 Å². The minimum atomic E-state index is -0.306. The van der Waals surface area contributed by atoms with Gasteiger partial charge in [0, 0.05) is 6.54 Å². The molecule has 5 heteroatoms. The van der Waals surface area contributed by atoms with Crippen molar-refractivity contribution in [3.05, 3.63) is 65.5 Å². The third kappa shape index (κ3) is 4.30. The summed E-state index contributed by atoms with van der Waals surface area (Å²) >= 11 is 0. The van der Waals surface area contributed by atoms with E-state index in [0.29, 0.717) is 17.9 Å². The lowest BCUT2D eigenvalue weighted by atomic mass is 10.1. The molecule has 0 saturated carbocycles. The summed E-state index contributed by atoms with van der Waals surface area (Å²) in [5, 5.41) is 8.80. The molecule has 118 valence electrons. The summed E-state index contributed by atoms with van der Waals surface area (Å²) in [5.74, 6) is -0.110. The predicted octanol–water partition coefficient (Wildman–Crippen LogP) is 3.39. The second-order valence-electron chi connectivity index (χ2n) is 4.89. The Balaban J connectivity index is 2.15. The highest BCUT2D eigenvalue weighted by Gasteiger charge is 2.18. The average molecular weight is 312 g/mol. The van der Waals surface area contributed by atoms with Crippen LogP contribution < -0.4 is 4.74 Å². The smallest absolute Gasteiger partial charge is 0.258 e. The molecular formula is C18H17FN2O2. The van der Waals surface area contributed by atoms with Gasteiger partial charge in [0.25, 0.3) is 5.91 Å². The van der Waals surface area contributed by atoms with E-state index in [-0.39, 0.29) is 24.9 Å². The molecule has 0 saturated heterocycles. The topological polar surface area (TPSA) is 53.3 Å². The van der Waals surface area contributed by atoms with Crippen LogP contribution in [0, 0.1) is 17.1 Å². The Hall–Kier alpha value is -2.87. The van der Waals surface area contributed by atoms with Gasteiger partial charge in [-0.1, -0.05) is 24.3 Å². The highest BCUT2D eigenvalue weighted by Crippen LogP contribution is 2.21. The number of nitrogens with zero attached hydrogens (tertiary/aromatic N) is 2. The molecule has 0 aliphatic carbocycles. The van der Waals surface area contributed by atoms with Crippen LogP contribution in [0.5, 0.6) is 5.75 Å². The van der Waals surface area contributed by atoms with Crippen LogP contribution in [0.4, 0.5) is 4.39 Å². The van der Waals surface area contributed by atoms with Crippen molar-refractivity contribution in [2.24, 2.45) is 0 Å². The van der Waals surface area contributed by atoms with E-state index in [1.54, 1.807) is 36.4 Å². The van der Waals surface area contributed by atoms with Crippen molar-refractivity contribution in [1.82, 2.24) is 4.90 Å². The molecule has 1 amide bonds. The number of hydrogen-bond acceptors (Lipinski definition) is 3. The molecule has 0 aliphatic rings. The van der Waals surface area contributed by atoms with Gasteiger partial charge in [0.2, 0.25) is 0 Å². The minimum absolute atomic E-state index is 0.0294. The normalized spacial score (nSPS) is 9.96. The van der Waals surface area contributed by atoms with Gasteiger partial charge in [0.1, 0.15) is 24.7 Å². The van der Waals surface area contributed by atoms with Gasteiger partial charge in [0.15, 0.2) is 0 Å². The van der Waals surface area contributed by atoms with Gasteiger partial charge in [0.05, 0.1) is 11.6 Å². The van der Waals surface area contributed by atoms with Gasteiger partial charge in [-0.15, -0.1) is 0 Å². The Morgan fingerprint density at radius 1 is 1.22 bits per heavy atom. The van der Waals surface area contributed by atoms with Crippen LogP contribution in [0.25, 0.3) is 0 Å². The second kappa shape index (κ2) is 7.95. The standard InChI is InChI=1S/C18H17FN2O2/c1-2-21(12-11-20)18(22)16-5-3-4-6-17(16)23-13-14-7-9-15(19)10-8-14/h3-10H,2,12-13H2,1H3. The lowest BCUT2D eigenvalue weighted by molar-refractivity contribution is 0.0779. The lowest BCUT2D eigenvalue weighted by Crippen LogP contribution is -2.31. The zero-order valence-corrected chi connectivity index (χ0v) is 12.8. The van der Waals surface area contributed by atoms with E-state index in [9.17, 15) is 9.18 Å². The molecule has 0 heterocycles. The van der Waals surface area contributed by atoms with Crippen molar-refractivity contribution >= 4 is 5.91 Å². The molecule has 23 heavy (non-hydrogen) atoms. The van der Waals surface area contributed by atoms with Crippen molar-refractivity contribution in [3.8, 4) is 11.8 Å². The van der Waals surface area contributed by atoms with E-state index in [1.807, 2.05) is 13.0 Å². The van der Waals surface area contributed by atoms with Crippen LogP contribution in [0.15, 0.2) is 48.5 Å². The number of rotatable bonds is 6. The van der Waals surface area contributed by atoms with Crippen LogP contribution in [0.3, 0.4) is 0 Å². The first-order valence-corrected chi connectivity index (χ1v) is 7.28. The van der Waals surface area contributed by atoms with Gasteiger partial charge < -0.3 is 9.64 Å². The van der Waals surface area contributed by atoms with Crippen molar-refractivity contribution in [1.29, 1.82) is 5.26 Å². The summed E-state index contributed by atoms with van der Waals surface area (Å²) < 4.78 is 18.6. The molecule has 0 spiro atoms. The van der Waals surface area contributed by atoms with E-state index in [4.69, 9.17) is 10.00 Å². The molecule has 0 aliphatic heterocycles. The van der Waals surface area contributed by atoms with Crippen molar-refractivity contribution < 1.29 is 13.9 Å². The van der Waals surface area contributed by atoms with Gasteiger partial charge >= 0.3 is 0 Å². The Morgan fingerprint density at radius 3 is 2.57 bits per heavy atom. The fraction of sp³-hybridized carbons (Fsp3) is 0.222. The molecule has 0 aromatic heterocycles. The summed E-state index contributed by atoms with van der Waals surface area (Å²) in [6.45, 7) is 2.52. The first-order chi connectivity index (χ1) is 11.2. The maximum absolute atomic E-state index is 12.9. The molecule has 0 radical (unpaired) electrons. The van der Waals surface area contributed by atoms with Gasteiger partial charge in [-0.25, -0.2) is 4.39 Å². The number of hydrogen-bond donors (Lipinski definition) is 0. The second-order valence-corrected chi connectivity index (χ2v) is 4.89. The number of nitriles is 1. The number of amides is 1. The summed E-state index contributed by atoms with van der Waals surface area (Å²) in [7, 11) is 0. The Labute approximate surface area is 134 Å². The Kier molecular flexibility index (Phi) is 5.70. The van der Waals surface area contributed by atoms with Crippen LogP contribution >= 0.6 is 0 Å². The average Bonchev–Trinajstić information content (AvgIpc) is 2.59. The summed E-state index contributed by atoms with van der Waals surface area (Å²) in [4.78, 5) is 13.9. The monoisotopic (exact) mass is 312 g/mol. The number of ether oxygens (including phenoxy) is 1. The molecule has 0 unspecified atom stereocenters. The first-order valence-electron chi connectivity index (χ1n) is 7.28. The van der Waals surface area contributed by atoms with E-state index < -0.39 is 0 Å². The molecule has 0 fully saturated rings. The highest BCUT2D eigenvalue weighted by atomic mass is 19.1. The number of para-hydroxylation sites is 1. The Bertz CT molecular complexity index is 708. The first kappa shape index (κ1) is 16.5. The van der Waals surface area contributed by atoms with E-state index in [1.165, 1.54) is 17.0 Å². The van der Waals surface area contributed by atoms with Gasteiger partial charge in [-0.2, -0.15) is 5.26 Å². The van der Waals surface area contributed by atoms with Crippen LogP contribution in [-0.2, 0) is 6.61 Å². The van der Waals surface area contributed by atoms with E-state index in [2.05, 4.69) is 0 Å². The maximum atomic E-state index is 12.9. The predicted molar refractivity (Wildman–Crippen MR) is 84.4 cm³/mol. The van der Waals surface area contributed by atoms with Crippen molar-refractivity contribution in [2.75, 3.05) is 13.1 Å². The molecule has 4 nitrogen and oxygen atoms in total. The Morgan fingerprint density at radius 2 is 1.91 bits per heavy atom. The number of carbonyl (C=O) groups excluding carboxylic acids is 1. The molecule has 0 N–H and O–H groups in total. The zero-order valence-electron chi connectivity index (χ0n) is 12.8. The maximum Gasteiger partial charge on any atom is 0.258 e. The lowest BCUT2D eigenvalue weighted by Gasteiger charge is -2.19. The summed E-state index contributed by atoms with van der Waals surface area (Å²) in [5.41, 5.74) is 1.21. The molecule has 2 aromatic rings. The third-order valence-electron chi connectivity index (χ3n) is 3.36. The quantitative estimate of drug-likeness (QED) is 0.768. The van der Waals surface area contributed by atoms with Crippen molar-refractivity contribution in [2.45, 2.75) is 13.5 Å². The number of carbonyl (C=O) groups is 1. The van der Waals surface area contributed by atoms with Crippen LogP contribution in [0.2, 0.25) is 0 Å². The van der Waals surface area contributed by atoms with Crippen molar-refractivity contribution in [3.63, 3.8) is 0 Å². The third-order valence-corrected chi connectivity index (χ3v) is 3.36. The fourth-order valence-corrected chi connectivity index (χ4v) is 2.09. The van der Waals surface area contributed by atoms with E-state index >= 15 is 0 Å². The fourth-order valence-electron chi connectivity index (χ4n) is 2.09. The largest absolute Gasteiger partial charge is 0.488 e. The zero-order chi connectivity index (χ0) is 16.7. The SMILES string of the molecule is CCN(CC#N)C(=O)c1ccccc1OCc1ccc(F)cc1. The van der Waals surface area contributed by atoms with Gasteiger partial charge in [-0.3, -0.25) is 4.79 Å². The van der Waals surface area contributed by atoms with E-state index in [0.717, 1.165) is 5.56 Å². The highest BCUT2D eigenvalue weighted by molar-refractivity contribution is 5.97. The summed E-state index contributed by atoms with van der Waals surface area (Å²) in [6, 6.07) is 14.9. The number of benzene rings is 2. The van der Waals surface area contributed by atoms with Crippen LogP contribution in [0.1, 0.15) is 22.8 Å². The molecular weight excluding hydrogens is 295 g/mol. The number of halogens is 1. The van der Waals surface area contributed by atoms with Gasteiger partial charge in [-0.05, 0) is 36.8 Å². The molecule has 2 rings (SSSR count). The molecule has 0 atom stereocenters. The summed E-state index contributed by atoms with van der Waals surface area (Å²) in [6.07, 6.45) is 0. The minimum Gasteiger partial charge on any atom is -0.488 e. The molecule has 0 bridgehead atoms.